The Kier molecular flexibility index (Phi) is 3.29. The summed E-state index contributed by atoms with van der Waals surface area (Å²) in [7, 11) is 0. The SMILES string of the molecule is CCC/C(=C1\OC(=O)c2ccccc21)c1cncnc1. The molecular weight excluding hydrogens is 252 g/mol. The predicted octanol–water partition coefficient (Wildman–Crippen LogP) is 3.32. The second-order valence-corrected chi connectivity index (χ2v) is 4.62. The number of cyclic esters (lactones) is 1. The molecule has 0 unspecified atom stereocenters. The van der Waals surface area contributed by atoms with Crippen LogP contribution >= 0.6 is 0 Å². The Labute approximate surface area is 117 Å². The lowest BCUT2D eigenvalue weighted by molar-refractivity contribution is 0.0716. The van der Waals surface area contributed by atoms with E-state index in [1.807, 2.05) is 18.2 Å². The Balaban J connectivity index is 2.18. The highest BCUT2D eigenvalue weighted by atomic mass is 16.5. The molecule has 100 valence electrons. The van der Waals surface area contributed by atoms with Gasteiger partial charge in [0.25, 0.3) is 0 Å². The molecule has 0 spiro atoms. The highest BCUT2D eigenvalue weighted by molar-refractivity contribution is 6.07. The van der Waals surface area contributed by atoms with Crippen molar-refractivity contribution in [3.8, 4) is 0 Å². The van der Waals surface area contributed by atoms with E-state index in [0.29, 0.717) is 11.3 Å². The van der Waals surface area contributed by atoms with Crippen LogP contribution in [0.4, 0.5) is 0 Å². The molecule has 0 bridgehead atoms. The third-order valence-corrected chi connectivity index (χ3v) is 3.27. The zero-order valence-corrected chi connectivity index (χ0v) is 11.2. The van der Waals surface area contributed by atoms with Gasteiger partial charge in [-0.25, -0.2) is 14.8 Å². The average Bonchev–Trinajstić information content (AvgIpc) is 2.83. The van der Waals surface area contributed by atoms with E-state index in [1.165, 1.54) is 6.33 Å². The first kappa shape index (κ1) is 12.5. The number of allylic oxidation sites excluding steroid dienone is 1. The van der Waals surface area contributed by atoms with E-state index in [-0.39, 0.29) is 5.97 Å². The fraction of sp³-hybridized carbons (Fsp3) is 0.188. The van der Waals surface area contributed by atoms with Crippen molar-refractivity contribution in [1.82, 2.24) is 9.97 Å². The van der Waals surface area contributed by atoms with Crippen LogP contribution in [0.2, 0.25) is 0 Å². The number of esters is 1. The Morgan fingerprint density at radius 3 is 2.55 bits per heavy atom. The molecule has 0 saturated heterocycles. The molecule has 3 rings (SSSR count). The molecule has 2 aromatic rings. The Hall–Kier alpha value is -2.49. The molecule has 0 fully saturated rings. The van der Waals surface area contributed by atoms with Crippen LogP contribution < -0.4 is 0 Å². The first-order valence-electron chi connectivity index (χ1n) is 6.61. The fourth-order valence-electron chi connectivity index (χ4n) is 2.38. The van der Waals surface area contributed by atoms with E-state index in [2.05, 4.69) is 16.9 Å². The van der Waals surface area contributed by atoms with Gasteiger partial charge >= 0.3 is 5.97 Å². The monoisotopic (exact) mass is 266 g/mol. The molecule has 1 aliphatic rings. The van der Waals surface area contributed by atoms with E-state index in [9.17, 15) is 4.79 Å². The number of benzene rings is 1. The summed E-state index contributed by atoms with van der Waals surface area (Å²) in [5.41, 5.74) is 3.35. The van der Waals surface area contributed by atoms with Gasteiger partial charge in [0.1, 0.15) is 12.1 Å². The minimum Gasteiger partial charge on any atom is -0.422 e. The standard InChI is InChI=1S/C16H14N2O2/c1-2-5-12(11-8-17-10-18-9-11)15-13-6-3-4-7-14(13)16(19)20-15/h3-4,6-10H,2,5H2,1H3/b15-12+. The highest BCUT2D eigenvalue weighted by Crippen LogP contribution is 2.37. The van der Waals surface area contributed by atoms with Gasteiger partial charge in [-0.1, -0.05) is 31.5 Å². The van der Waals surface area contributed by atoms with Crippen LogP contribution in [0.15, 0.2) is 43.0 Å². The van der Waals surface area contributed by atoms with Crippen LogP contribution in [0.3, 0.4) is 0 Å². The molecule has 0 atom stereocenters. The van der Waals surface area contributed by atoms with Gasteiger partial charge in [-0.2, -0.15) is 0 Å². The van der Waals surface area contributed by atoms with Crippen molar-refractivity contribution in [3.05, 3.63) is 59.7 Å². The number of aromatic nitrogens is 2. The molecule has 2 heterocycles. The van der Waals surface area contributed by atoms with Crippen molar-refractivity contribution in [1.29, 1.82) is 0 Å². The van der Waals surface area contributed by atoms with Crippen molar-refractivity contribution in [2.75, 3.05) is 0 Å². The number of carbonyl (C=O) groups excluding carboxylic acids is 1. The maximum Gasteiger partial charge on any atom is 0.344 e. The second-order valence-electron chi connectivity index (χ2n) is 4.62. The fourth-order valence-corrected chi connectivity index (χ4v) is 2.38. The third-order valence-electron chi connectivity index (χ3n) is 3.27. The van der Waals surface area contributed by atoms with E-state index in [4.69, 9.17) is 4.74 Å². The molecule has 0 aliphatic carbocycles. The first-order valence-corrected chi connectivity index (χ1v) is 6.61. The van der Waals surface area contributed by atoms with E-state index in [1.54, 1.807) is 18.5 Å². The second kappa shape index (κ2) is 5.25. The van der Waals surface area contributed by atoms with Gasteiger partial charge in [0, 0.05) is 29.1 Å². The Bertz CT molecular complexity index is 678. The van der Waals surface area contributed by atoms with Crippen LogP contribution in [0, 0.1) is 0 Å². The van der Waals surface area contributed by atoms with Crippen LogP contribution in [0.1, 0.15) is 41.3 Å². The lowest BCUT2D eigenvalue weighted by Crippen LogP contribution is -1.95. The lowest BCUT2D eigenvalue weighted by Gasteiger charge is -2.09. The Morgan fingerprint density at radius 2 is 1.85 bits per heavy atom. The molecule has 1 aromatic heterocycles. The molecule has 0 amide bonds. The van der Waals surface area contributed by atoms with Gasteiger partial charge in [0.2, 0.25) is 0 Å². The molecule has 0 saturated carbocycles. The normalized spacial score (nSPS) is 15.8. The summed E-state index contributed by atoms with van der Waals surface area (Å²) < 4.78 is 5.49. The number of ether oxygens (including phenoxy) is 1. The van der Waals surface area contributed by atoms with Crippen LogP contribution in [-0.2, 0) is 4.74 Å². The minimum atomic E-state index is -0.291. The van der Waals surface area contributed by atoms with Crippen LogP contribution in [0.25, 0.3) is 11.3 Å². The molecule has 4 nitrogen and oxygen atoms in total. The third kappa shape index (κ3) is 2.09. The molecule has 20 heavy (non-hydrogen) atoms. The van der Waals surface area contributed by atoms with Crippen molar-refractivity contribution < 1.29 is 9.53 Å². The largest absolute Gasteiger partial charge is 0.422 e. The number of carbonyl (C=O) groups is 1. The lowest BCUT2D eigenvalue weighted by atomic mass is 9.98. The van der Waals surface area contributed by atoms with Crippen LogP contribution in [0.5, 0.6) is 0 Å². The van der Waals surface area contributed by atoms with Crippen molar-refractivity contribution in [3.63, 3.8) is 0 Å². The van der Waals surface area contributed by atoms with Crippen molar-refractivity contribution in [2.24, 2.45) is 0 Å². The summed E-state index contributed by atoms with van der Waals surface area (Å²) in [6, 6.07) is 7.45. The van der Waals surface area contributed by atoms with Gasteiger partial charge < -0.3 is 4.74 Å². The smallest absolute Gasteiger partial charge is 0.344 e. The minimum absolute atomic E-state index is 0.291. The maximum absolute atomic E-state index is 11.9. The molecule has 1 aromatic carbocycles. The van der Waals surface area contributed by atoms with Gasteiger partial charge in [-0.15, -0.1) is 0 Å². The summed E-state index contributed by atoms with van der Waals surface area (Å²) in [6.45, 7) is 2.09. The molecule has 0 radical (unpaired) electrons. The highest BCUT2D eigenvalue weighted by Gasteiger charge is 2.28. The Morgan fingerprint density at radius 1 is 1.15 bits per heavy atom. The first-order chi connectivity index (χ1) is 9.81. The van der Waals surface area contributed by atoms with Gasteiger partial charge in [0.05, 0.1) is 5.56 Å². The number of nitrogens with zero attached hydrogens (tertiary/aromatic N) is 2. The molecule has 1 aliphatic heterocycles. The van der Waals surface area contributed by atoms with Gasteiger partial charge in [-0.05, 0) is 12.5 Å². The average molecular weight is 266 g/mol. The quantitative estimate of drug-likeness (QED) is 0.800. The van der Waals surface area contributed by atoms with E-state index in [0.717, 1.165) is 29.5 Å². The summed E-state index contributed by atoms with van der Waals surface area (Å²) in [4.78, 5) is 20.0. The van der Waals surface area contributed by atoms with E-state index >= 15 is 0 Å². The van der Waals surface area contributed by atoms with Gasteiger partial charge in [-0.3, -0.25) is 0 Å². The van der Waals surface area contributed by atoms with Crippen molar-refractivity contribution >= 4 is 17.3 Å². The number of hydrogen-bond donors (Lipinski definition) is 0. The summed E-state index contributed by atoms with van der Waals surface area (Å²) in [5.74, 6) is 0.350. The summed E-state index contributed by atoms with van der Waals surface area (Å²) in [6.07, 6.45) is 6.75. The van der Waals surface area contributed by atoms with E-state index < -0.39 is 0 Å². The summed E-state index contributed by atoms with van der Waals surface area (Å²) in [5, 5.41) is 0. The maximum atomic E-state index is 11.9. The summed E-state index contributed by atoms with van der Waals surface area (Å²) >= 11 is 0. The zero-order valence-electron chi connectivity index (χ0n) is 11.2. The molecule has 0 N–H and O–H groups in total. The predicted molar refractivity (Wildman–Crippen MR) is 75.6 cm³/mol. The zero-order chi connectivity index (χ0) is 13.9. The van der Waals surface area contributed by atoms with Gasteiger partial charge in [0.15, 0.2) is 0 Å². The number of rotatable bonds is 3. The topological polar surface area (TPSA) is 52.1 Å². The molecule has 4 heteroatoms. The van der Waals surface area contributed by atoms with Crippen LogP contribution in [-0.4, -0.2) is 15.9 Å². The molecular formula is C16H14N2O2. The van der Waals surface area contributed by atoms with Crippen molar-refractivity contribution in [2.45, 2.75) is 19.8 Å². The number of fused-ring (bicyclic) bond motifs is 1. The number of hydrogen-bond acceptors (Lipinski definition) is 4.